The first-order valence-electron chi connectivity index (χ1n) is 13.8. The topological polar surface area (TPSA) is 153 Å². The van der Waals surface area contributed by atoms with Crippen molar-refractivity contribution in [1.29, 1.82) is 0 Å². The van der Waals surface area contributed by atoms with Crippen LogP contribution < -0.4 is 5.32 Å². The molecule has 0 saturated heterocycles. The van der Waals surface area contributed by atoms with Gasteiger partial charge in [-0.3, -0.25) is 4.79 Å². The fourth-order valence-corrected chi connectivity index (χ4v) is 7.83. The maximum Gasteiger partial charge on any atom is 0.308 e. The fraction of sp³-hybridized carbons (Fsp3) is 0.300. The lowest BCUT2D eigenvalue weighted by Gasteiger charge is -2.47. The molecule has 2 N–H and O–H groups in total. The molecule has 0 spiro atoms. The van der Waals surface area contributed by atoms with Gasteiger partial charge in [-0.25, -0.2) is 32.3 Å². The normalized spacial score (nSPS) is 21.9. The van der Waals surface area contributed by atoms with Crippen molar-refractivity contribution in [2.75, 3.05) is 5.32 Å². The minimum absolute atomic E-state index is 0.123. The summed E-state index contributed by atoms with van der Waals surface area (Å²) in [6.45, 7) is 1.89. The van der Waals surface area contributed by atoms with Gasteiger partial charge in [-0.05, 0) is 62.6 Å². The molecule has 8 rings (SSSR count). The van der Waals surface area contributed by atoms with E-state index in [1.165, 1.54) is 12.5 Å². The number of aliphatic carboxylic acids is 1. The Morgan fingerprint density at radius 3 is 2.55 bits per heavy atom. The van der Waals surface area contributed by atoms with Gasteiger partial charge >= 0.3 is 5.97 Å². The number of anilines is 1. The minimum atomic E-state index is -4.00. The molecule has 5 aromatic rings. The zero-order chi connectivity index (χ0) is 29.0. The molecular weight excluding hydrogens is 556 g/mol. The molecule has 3 fully saturated rings. The molecule has 1 aromatic carbocycles. The number of carboxylic acid groups (broad SMARTS) is 1. The summed E-state index contributed by atoms with van der Waals surface area (Å²) in [6, 6.07) is 9.87. The predicted molar refractivity (Wildman–Crippen MR) is 154 cm³/mol. The predicted octanol–water partition coefficient (Wildman–Crippen LogP) is 5.00. The fourth-order valence-electron chi connectivity index (χ4n) is 6.50. The molecule has 11 nitrogen and oxygen atoms in total. The van der Waals surface area contributed by atoms with Crippen LogP contribution >= 0.6 is 0 Å². The summed E-state index contributed by atoms with van der Waals surface area (Å²) in [5.41, 5.74) is 2.81. The van der Waals surface area contributed by atoms with E-state index in [9.17, 15) is 18.3 Å². The molecule has 214 valence electrons. The Labute approximate surface area is 241 Å². The Balaban J connectivity index is 1.37. The van der Waals surface area contributed by atoms with Crippen LogP contribution in [0.4, 0.5) is 5.82 Å². The average Bonchev–Trinajstić information content (AvgIpc) is 3.67. The lowest BCUT2D eigenvalue weighted by atomic mass is 9.61. The maximum atomic E-state index is 13.7. The van der Waals surface area contributed by atoms with Crippen LogP contribution in [0.5, 0.6) is 0 Å². The number of aryl methyl sites for hydroxylation is 1. The van der Waals surface area contributed by atoms with Crippen molar-refractivity contribution in [1.82, 2.24) is 23.9 Å². The second-order valence-corrected chi connectivity index (χ2v) is 12.9. The van der Waals surface area contributed by atoms with Crippen LogP contribution in [-0.4, -0.2) is 49.4 Å². The Bertz CT molecular complexity index is 1890. The Morgan fingerprint density at radius 1 is 1.07 bits per heavy atom. The lowest BCUT2D eigenvalue weighted by Crippen LogP contribution is -2.51. The number of nitrogens with one attached hydrogen (secondary N) is 1. The third-order valence-electron chi connectivity index (χ3n) is 8.62. The second-order valence-electron chi connectivity index (χ2n) is 11.1. The molecule has 4 heterocycles. The molecule has 3 saturated carbocycles. The number of fused-ring (bicyclic) bond motifs is 4. The number of carbonyl (C=O) groups is 1. The van der Waals surface area contributed by atoms with Crippen LogP contribution in [-0.2, 0) is 14.8 Å². The van der Waals surface area contributed by atoms with Crippen molar-refractivity contribution in [3.8, 4) is 22.6 Å². The molecule has 0 radical (unpaired) electrons. The maximum absolute atomic E-state index is 13.7. The zero-order valence-corrected chi connectivity index (χ0v) is 23.5. The molecular formula is C30H28N6O5S. The molecule has 4 aromatic heterocycles. The summed E-state index contributed by atoms with van der Waals surface area (Å²) < 4.78 is 33.9. The summed E-state index contributed by atoms with van der Waals surface area (Å²) in [5.74, 6) is -0.250. The smallest absolute Gasteiger partial charge is 0.308 e. The van der Waals surface area contributed by atoms with Gasteiger partial charge in [0.05, 0.1) is 29.0 Å². The molecule has 2 unspecified atom stereocenters. The number of hydrogen-bond donors (Lipinski definition) is 2. The number of aromatic nitrogens is 5. The van der Waals surface area contributed by atoms with Gasteiger partial charge < -0.3 is 14.8 Å². The largest absolute Gasteiger partial charge is 0.481 e. The number of carboxylic acids is 1. The van der Waals surface area contributed by atoms with Crippen molar-refractivity contribution in [2.45, 2.75) is 43.5 Å². The SMILES string of the molecule is Cc1ccc(S(=O)(=O)n2cc(-c3nc(NC4C5CCC(CC5)C4C(=O)O)cc(-c4ccoc4)n3)c3cncnc32)cc1. The number of furan rings is 1. The standard InChI is InChI=1S/C30H28N6O5S/c1-17-2-8-21(9-3-17)42(39,40)36-14-23(22-13-31-16-32-29(22)36)28-33-24(20-10-11-41-15-20)12-25(35-28)34-27-19-6-4-18(5-7-19)26(27)30(37)38/h2-3,8-16,18-19,26-27H,4-7H2,1H3,(H,37,38)(H,33,34,35). The highest BCUT2D eigenvalue weighted by atomic mass is 32.2. The quantitative estimate of drug-likeness (QED) is 0.267. The van der Waals surface area contributed by atoms with Crippen molar-refractivity contribution in [2.24, 2.45) is 17.8 Å². The molecule has 0 aliphatic heterocycles. The van der Waals surface area contributed by atoms with E-state index >= 15 is 0 Å². The van der Waals surface area contributed by atoms with Gasteiger partial charge in [0.2, 0.25) is 0 Å². The number of hydrogen-bond acceptors (Lipinski definition) is 9. The van der Waals surface area contributed by atoms with Crippen LogP contribution in [0.1, 0.15) is 31.2 Å². The number of nitrogens with zero attached hydrogens (tertiary/aromatic N) is 5. The van der Waals surface area contributed by atoms with E-state index < -0.39 is 21.9 Å². The van der Waals surface area contributed by atoms with Crippen LogP contribution in [0.3, 0.4) is 0 Å². The van der Waals surface area contributed by atoms with Crippen LogP contribution in [0, 0.1) is 24.7 Å². The van der Waals surface area contributed by atoms with Crippen molar-refractivity contribution in [3.05, 3.63) is 73.2 Å². The van der Waals surface area contributed by atoms with Gasteiger partial charge in [0.25, 0.3) is 10.0 Å². The third-order valence-corrected chi connectivity index (χ3v) is 10.3. The van der Waals surface area contributed by atoms with E-state index in [0.29, 0.717) is 28.0 Å². The lowest BCUT2D eigenvalue weighted by molar-refractivity contribution is -0.148. The average molecular weight is 585 g/mol. The molecule has 2 bridgehead atoms. The molecule has 2 atom stereocenters. The molecule has 0 amide bonds. The van der Waals surface area contributed by atoms with E-state index in [1.54, 1.807) is 55.1 Å². The number of benzene rings is 1. The Hall–Kier alpha value is -4.58. The van der Waals surface area contributed by atoms with Gasteiger partial charge in [-0.2, -0.15) is 0 Å². The van der Waals surface area contributed by atoms with E-state index in [-0.39, 0.29) is 34.2 Å². The highest BCUT2D eigenvalue weighted by Crippen LogP contribution is 2.46. The van der Waals surface area contributed by atoms with E-state index in [4.69, 9.17) is 14.4 Å². The summed E-state index contributed by atoms with van der Waals surface area (Å²) in [7, 11) is -4.00. The van der Waals surface area contributed by atoms with Crippen molar-refractivity contribution >= 4 is 32.8 Å². The van der Waals surface area contributed by atoms with Gasteiger partial charge in [-0.15, -0.1) is 0 Å². The third kappa shape index (κ3) is 4.42. The molecule has 3 aliphatic carbocycles. The first kappa shape index (κ1) is 26.3. The Kier molecular flexibility index (Phi) is 6.30. The van der Waals surface area contributed by atoms with E-state index in [1.807, 2.05) is 6.92 Å². The molecule has 3 aliphatic rings. The Morgan fingerprint density at radius 2 is 1.83 bits per heavy atom. The van der Waals surface area contributed by atoms with Gasteiger partial charge in [0.1, 0.15) is 12.1 Å². The monoisotopic (exact) mass is 584 g/mol. The van der Waals surface area contributed by atoms with E-state index in [0.717, 1.165) is 35.2 Å². The molecule has 12 heteroatoms. The van der Waals surface area contributed by atoms with Crippen LogP contribution in [0.25, 0.3) is 33.7 Å². The minimum Gasteiger partial charge on any atom is -0.481 e. The highest BCUT2D eigenvalue weighted by Gasteiger charge is 2.47. The summed E-state index contributed by atoms with van der Waals surface area (Å²) in [5, 5.41) is 14.0. The summed E-state index contributed by atoms with van der Waals surface area (Å²) >= 11 is 0. The first-order valence-corrected chi connectivity index (χ1v) is 15.3. The highest BCUT2D eigenvalue weighted by molar-refractivity contribution is 7.90. The second kappa shape index (κ2) is 10.1. The van der Waals surface area contributed by atoms with Gasteiger partial charge in [0.15, 0.2) is 11.5 Å². The molecule has 42 heavy (non-hydrogen) atoms. The van der Waals surface area contributed by atoms with Crippen molar-refractivity contribution in [3.63, 3.8) is 0 Å². The first-order chi connectivity index (χ1) is 20.3. The summed E-state index contributed by atoms with van der Waals surface area (Å²) in [6.07, 6.45) is 11.2. The summed E-state index contributed by atoms with van der Waals surface area (Å²) in [4.78, 5) is 30.5. The number of rotatable bonds is 7. The van der Waals surface area contributed by atoms with Gasteiger partial charge in [0, 0.05) is 41.0 Å². The zero-order valence-electron chi connectivity index (χ0n) is 22.7. The van der Waals surface area contributed by atoms with Gasteiger partial charge in [-0.1, -0.05) is 17.7 Å². The van der Waals surface area contributed by atoms with Crippen LogP contribution in [0.2, 0.25) is 0 Å². The van der Waals surface area contributed by atoms with E-state index in [2.05, 4.69) is 15.3 Å². The van der Waals surface area contributed by atoms with Crippen LogP contribution in [0.15, 0.2) is 77.0 Å². The van der Waals surface area contributed by atoms with Crippen molar-refractivity contribution < 1.29 is 22.7 Å².